The summed E-state index contributed by atoms with van der Waals surface area (Å²) in [5.41, 5.74) is 12.8. The SMILES string of the molecule is CCCCCc1cc2c(c(-c3ccccc3)c1-c1ccccc1)Cc1ccccc1-2. The molecular formula is C30H28. The fraction of sp³-hybridized carbons (Fsp3) is 0.200. The summed E-state index contributed by atoms with van der Waals surface area (Å²) in [6.07, 6.45) is 5.92. The van der Waals surface area contributed by atoms with E-state index in [1.54, 1.807) is 0 Å². The first-order valence-corrected chi connectivity index (χ1v) is 11.2. The smallest absolute Gasteiger partial charge is 0.000706 e. The molecule has 0 unspecified atom stereocenters. The van der Waals surface area contributed by atoms with Gasteiger partial charge in [0.15, 0.2) is 0 Å². The monoisotopic (exact) mass is 388 g/mol. The van der Waals surface area contributed by atoms with Crippen LogP contribution in [0.15, 0.2) is 91.0 Å². The van der Waals surface area contributed by atoms with Crippen molar-refractivity contribution >= 4 is 0 Å². The van der Waals surface area contributed by atoms with Crippen molar-refractivity contribution in [1.29, 1.82) is 0 Å². The molecule has 1 aliphatic rings. The van der Waals surface area contributed by atoms with Gasteiger partial charge in [-0.2, -0.15) is 0 Å². The van der Waals surface area contributed by atoms with Crippen molar-refractivity contribution < 1.29 is 0 Å². The number of benzene rings is 4. The first-order chi connectivity index (χ1) is 14.9. The highest BCUT2D eigenvalue weighted by Crippen LogP contribution is 2.47. The van der Waals surface area contributed by atoms with Gasteiger partial charge in [-0.25, -0.2) is 0 Å². The van der Waals surface area contributed by atoms with Gasteiger partial charge in [-0.1, -0.05) is 111 Å². The first-order valence-electron chi connectivity index (χ1n) is 11.2. The maximum atomic E-state index is 2.51. The summed E-state index contributed by atoms with van der Waals surface area (Å²) in [4.78, 5) is 0. The quantitative estimate of drug-likeness (QED) is 0.256. The van der Waals surface area contributed by atoms with Gasteiger partial charge in [0.2, 0.25) is 0 Å². The summed E-state index contributed by atoms with van der Waals surface area (Å²) in [6, 6.07) is 33.5. The van der Waals surface area contributed by atoms with Crippen molar-refractivity contribution in [2.45, 2.75) is 39.0 Å². The van der Waals surface area contributed by atoms with Crippen LogP contribution in [0.4, 0.5) is 0 Å². The molecule has 148 valence electrons. The van der Waals surface area contributed by atoms with Crippen LogP contribution in [0.2, 0.25) is 0 Å². The van der Waals surface area contributed by atoms with E-state index in [0.29, 0.717) is 0 Å². The van der Waals surface area contributed by atoms with Crippen molar-refractivity contribution in [2.75, 3.05) is 0 Å². The zero-order chi connectivity index (χ0) is 20.3. The molecule has 0 fully saturated rings. The molecule has 0 spiro atoms. The molecular weight excluding hydrogens is 360 g/mol. The Kier molecular flexibility index (Phi) is 5.24. The summed E-state index contributed by atoms with van der Waals surface area (Å²) in [5.74, 6) is 0. The van der Waals surface area contributed by atoms with Gasteiger partial charge in [0.05, 0.1) is 0 Å². The van der Waals surface area contributed by atoms with Crippen LogP contribution in [0.3, 0.4) is 0 Å². The van der Waals surface area contributed by atoms with Crippen molar-refractivity contribution in [1.82, 2.24) is 0 Å². The molecule has 0 bridgehead atoms. The Labute approximate surface area is 180 Å². The predicted octanol–water partition coefficient (Wildman–Crippen LogP) is 8.32. The van der Waals surface area contributed by atoms with Crippen molar-refractivity contribution in [2.24, 2.45) is 0 Å². The van der Waals surface area contributed by atoms with Crippen LogP contribution in [0, 0.1) is 0 Å². The summed E-state index contributed by atoms with van der Waals surface area (Å²) in [7, 11) is 0. The lowest BCUT2D eigenvalue weighted by atomic mass is 9.83. The van der Waals surface area contributed by atoms with Crippen LogP contribution < -0.4 is 0 Å². The Morgan fingerprint density at radius 3 is 1.97 bits per heavy atom. The van der Waals surface area contributed by atoms with Crippen LogP contribution in [-0.4, -0.2) is 0 Å². The lowest BCUT2D eigenvalue weighted by Crippen LogP contribution is -1.99. The van der Waals surface area contributed by atoms with Crippen LogP contribution >= 0.6 is 0 Å². The second-order valence-electron chi connectivity index (χ2n) is 8.33. The molecule has 0 aromatic heterocycles. The van der Waals surface area contributed by atoms with Crippen molar-refractivity contribution in [3.8, 4) is 33.4 Å². The highest BCUT2D eigenvalue weighted by molar-refractivity contribution is 5.95. The Morgan fingerprint density at radius 1 is 0.633 bits per heavy atom. The van der Waals surface area contributed by atoms with Crippen LogP contribution in [-0.2, 0) is 12.8 Å². The lowest BCUT2D eigenvalue weighted by molar-refractivity contribution is 0.718. The molecule has 0 saturated carbocycles. The Hall–Kier alpha value is -3.12. The molecule has 0 heteroatoms. The van der Waals surface area contributed by atoms with Crippen LogP contribution in [0.25, 0.3) is 33.4 Å². The van der Waals surface area contributed by atoms with Gasteiger partial charge in [0.25, 0.3) is 0 Å². The molecule has 4 aromatic rings. The maximum Gasteiger partial charge on any atom is -0.000706 e. The third kappa shape index (κ3) is 3.37. The van der Waals surface area contributed by atoms with E-state index in [0.717, 1.165) is 12.8 Å². The lowest BCUT2D eigenvalue weighted by Gasteiger charge is -2.21. The van der Waals surface area contributed by atoms with E-state index in [2.05, 4.69) is 97.9 Å². The fourth-order valence-electron chi connectivity index (χ4n) is 4.95. The standard InChI is InChI=1S/C30H28/c1-2-3-6-18-25-21-27-26-19-12-11-17-24(26)20-28(27)30(23-15-9-5-10-16-23)29(25)22-13-7-4-8-14-22/h4-5,7-17,19,21H,2-3,6,18,20H2,1H3. The third-order valence-corrected chi connectivity index (χ3v) is 6.37. The topological polar surface area (TPSA) is 0 Å². The van der Waals surface area contributed by atoms with E-state index < -0.39 is 0 Å². The average molecular weight is 389 g/mol. The Bertz CT molecular complexity index is 1150. The van der Waals surface area contributed by atoms with Gasteiger partial charge in [-0.05, 0) is 69.3 Å². The van der Waals surface area contributed by atoms with Crippen LogP contribution in [0.1, 0.15) is 42.9 Å². The van der Waals surface area contributed by atoms with Gasteiger partial charge in [-0.15, -0.1) is 0 Å². The minimum Gasteiger partial charge on any atom is -0.0654 e. The van der Waals surface area contributed by atoms with Crippen LogP contribution in [0.5, 0.6) is 0 Å². The summed E-state index contributed by atoms with van der Waals surface area (Å²) in [5, 5.41) is 0. The van der Waals surface area contributed by atoms with Crippen molar-refractivity contribution in [3.05, 3.63) is 108 Å². The van der Waals surface area contributed by atoms with E-state index in [4.69, 9.17) is 0 Å². The molecule has 30 heavy (non-hydrogen) atoms. The normalized spacial score (nSPS) is 11.9. The second kappa shape index (κ2) is 8.32. The molecule has 4 aromatic carbocycles. The highest BCUT2D eigenvalue weighted by Gasteiger charge is 2.26. The fourth-order valence-corrected chi connectivity index (χ4v) is 4.95. The van der Waals surface area contributed by atoms with E-state index in [1.807, 2.05) is 0 Å². The third-order valence-electron chi connectivity index (χ3n) is 6.37. The van der Waals surface area contributed by atoms with Gasteiger partial charge in [-0.3, -0.25) is 0 Å². The molecule has 0 atom stereocenters. The molecule has 0 saturated heterocycles. The molecule has 0 N–H and O–H groups in total. The molecule has 0 aliphatic heterocycles. The molecule has 5 rings (SSSR count). The molecule has 0 amide bonds. The molecule has 1 aliphatic carbocycles. The van der Waals surface area contributed by atoms with Gasteiger partial charge < -0.3 is 0 Å². The van der Waals surface area contributed by atoms with Gasteiger partial charge in [0, 0.05) is 0 Å². The molecule has 0 nitrogen and oxygen atoms in total. The number of hydrogen-bond acceptors (Lipinski definition) is 0. The summed E-state index contributed by atoms with van der Waals surface area (Å²) >= 11 is 0. The zero-order valence-corrected chi connectivity index (χ0v) is 17.7. The predicted molar refractivity (Wildman–Crippen MR) is 129 cm³/mol. The van der Waals surface area contributed by atoms with E-state index in [-0.39, 0.29) is 0 Å². The minimum absolute atomic E-state index is 1.02. The van der Waals surface area contributed by atoms with Crippen molar-refractivity contribution in [3.63, 3.8) is 0 Å². The first kappa shape index (κ1) is 18.9. The average Bonchev–Trinajstić information content (AvgIpc) is 3.18. The molecule has 0 heterocycles. The molecule has 0 radical (unpaired) electrons. The zero-order valence-electron chi connectivity index (χ0n) is 17.7. The number of fused-ring (bicyclic) bond motifs is 3. The van der Waals surface area contributed by atoms with Gasteiger partial charge in [0.1, 0.15) is 0 Å². The van der Waals surface area contributed by atoms with E-state index in [1.165, 1.54) is 69.3 Å². The number of unbranched alkanes of at least 4 members (excludes halogenated alkanes) is 2. The Balaban J connectivity index is 1.81. The number of aryl methyl sites for hydroxylation is 1. The summed E-state index contributed by atoms with van der Waals surface area (Å²) in [6.45, 7) is 2.28. The number of hydrogen-bond donors (Lipinski definition) is 0. The van der Waals surface area contributed by atoms with Gasteiger partial charge >= 0.3 is 0 Å². The van der Waals surface area contributed by atoms with E-state index >= 15 is 0 Å². The second-order valence-corrected chi connectivity index (χ2v) is 8.33. The van der Waals surface area contributed by atoms with E-state index in [9.17, 15) is 0 Å². The number of rotatable bonds is 6. The Morgan fingerprint density at radius 2 is 1.27 bits per heavy atom. The minimum atomic E-state index is 1.02. The largest absolute Gasteiger partial charge is 0.0654 e. The highest BCUT2D eigenvalue weighted by atomic mass is 14.3. The maximum absolute atomic E-state index is 2.51. The summed E-state index contributed by atoms with van der Waals surface area (Å²) < 4.78 is 0.